The Morgan fingerprint density at radius 1 is 1.50 bits per heavy atom. The van der Waals surface area contributed by atoms with Crippen molar-refractivity contribution in [3.8, 4) is 0 Å². The van der Waals surface area contributed by atoms with Crippen LogP contribution in [0.5, 0.6) is 0 Å². The standard InChI is InChI=1S/C13H18N2O3/c1-12(2,3)18-11(16)15-8-13(17,9-15)10-5-4-6-14-7-10/h4-7,17H,8-9H2,1-3H3. The molecule has 0 bridgehead atoms. The molecule has 1 aliphatic rings. The Morgan fingerprint density at radius 3 is 2.67 bits per heavy atom. The Bertz CT molecular complexity index is 433. The van der Waals surface area contributed by atoms with E-state index in [1.165, 1.54) is 4.90 Å². The molecular formula is C13H18N2O3. The summed E-state index contributed by atoms with van der Waals surface area (Å²) in [5.74, 6) is 0. The van der Waals surface area contributed by atoms with E-state index in [1.54, 1.807) is 24.5 Å². The molecule has 1 aromatic heterocycles. The van der Waals surface area contributed by atoms with Gasteiger partial charge in [-0.3, -0.25) is 4.98 Å². The number of aromatic nitrogens is 1. The number of β-amino-alcohol motifs (C(OH)–C–C–N with tert-alkyl or cyclic N) is 1. The van der Waals surface area contributed by atoms with Crippen LogP contribution in [-0.4, -0.2) is 39.8 Å². The normalized spacial score (nSPS) is 18.1. The monoisotopic (exact) mass is 250 g/mol. The number of pyridine rings is 1. The van der Waals surface area contributed by atoms with E-state index in [-0.39, 0.29) is 13.1 Å². The van der Waals surface area contributed by atoms with Crippen molar-refractivity contribution in [1.29, 1.82) is 0 Å². The number of carbonyl (C=O) groups excluding carboxylic acids is 1. The highest BCUT2D eigenvalue weighted by atomic mass is 16.6. The van der Waals surface area contributed by atoms with E-state index in [1.807, 2.05) is 20.8 Å². The van der Waals surface area contributed by atoms with Gasteiger partial charge in [0.15, 0.2) is 0 Å². The SMILES string of the molecule is CC(C)(C)OC(=O)N1CC(O)(c2cccnc2)C1. The van der Waals surface area contributed by atoms with Gasteiger partial charge in [0.25, 0.3) is 0 Å². The zero-order valence-corrected chi connectivity index (χ0v) is 10.9. The number of hydrogen-bond acceptors (Lipinski definition) is 4. The van der Waals surface area contributed by atoms with Crippen LogP contribution in [-0.2, 0) is 10.3 Å². The van der Waals surface area contributed by atoms with Crippen LogP contribution < -0.4 is 0 Å². The Morgan fingerprint density at radius 2 is 2.17 bits per heavy atom. The van der Waals surface area contributed by atoms with Gasteiger partial charge in [0, 0.05) is 18.0 Å². The van der Waals surface area contributed by atoms with Gasteiger partial charge in [-0.25, -0.2) is 4.79 Å². The lowest BCUT2D eigenvalue weighted by atomic mass is 9.87. The van der Waals surface area contributed by atoms with Crippen LogP contribution >= 0.6 is 0 Å². The number of hydrogen-bond donors (Lipinski definition) is 1. The molecule has 0 unspecified atom stereocenters. The molecule has 1 saturated heterocycles. The molecular weight excluding hydrogens is 232 g/mol. The van der Waals surface area contributed by atoms with E-state index >= 15 is 0 Å². The first-order valence-corrected chi connectivity index (χ1v) is 5.91. The fraction of sp³-hybridized carbons (Fsp3) is 0.538. The minimum Gasteiger partial charge on any atom is -0.444 e. The topological polar surface area (TPSA) is 62.7 Å². The van der Waals surface area contributed by atoms with Gasteiger partial charge < -0.3 is 14.7 Å². The molecule has 1 aliphatic heterocycles. The number of nitrogens with zero attached hydrogens (tertiary/aromatic N) is 2. The number of ether oxygens (including phenoxy) is 1. The summed E-state index contributed by atoms with van der Waals surface area (Å²) in [7, 11) is 0. The summed E-state index contributed by atoms with van der Waals surface area (Å²) in [5, 5.41) is 10.3. The van der Waals surface area contributed by atoms with Crippen LogP contribution in [0.4, 0.5) is 4.79 Å². The predicted molar refractivity (Wildman–Crippen MR) is 65.9 cm³/mol. The van der Waals surface area contributed by atoms with Crippen molar-refractivity contribution in [2.75, 3.05) is 13.1 Å². The van der Waals surface area contributed by atoms with Crippen molar-refractivity contribution in [3.05, 3.63) is 30.1 Å². The Hall–Kier alpha value is -1.62. The van der Waals surface area contributed by atoms with Gasteiger partial charge >= 0.3 is 6.09 Å². The van der Waals surface area contributed by atoms with Crippen molar-refractivity contribution >= 4 is 6.09 Å². The second-order valence-corrected chi connectivity index (χ2v) is 5.61. The van der Waals surface area contributed by atoms with Gasteiger partial charge in [0.1, 0.15) is 11.2 Å². The molecule has 0 aromatic carbocycles. The molecule has 0 radical (unpaired) electrons. The summed E-state index contributed by atoms with van der Waals surface area (Å²) >= 11 is 0. The van der Waals surface area contributed by atoms with E-state index in [9.17, 15) is 9.90 Å². The number of rotatable bonds is 1. The number of aliphatic hydroxyl groups is 1. The summed E-state index contributed by atoms with van der Waals surface area (Å²) < 4.78 is 5.23. The number of likely N-dealkylation sites (tertiary alicyclic amines) is 1. The molecule has 2 heterocycles. The first-order chi connectivity index (χ1) is 8.30. The second-order valence-electron chi connectivity index (χ2n) is 5.61. The fourth-order valence-corrected chi connectivity index (χ4v) is 1.86. The van der Waals surface area contributed by atoms with Gasteiger partial charge in [-0.15, -0.1) is 0 Å². The zero-order valence-electron chi connectivity index (χ0n) is 10.9. The highest BCUT2D eigenvalue weighted by molar-refractivity contribution is 5.70. The summed E-state index contributed by atoms with van der Waals surface area (Å²) in [4.78, 5) is 17.2. The lowest BCUT2D eigenvalue weighted by molar-refractivity contribution is -0.103. The van der Waals surface area contributed by atoms with E-state index in [0.29, 0.717) is 0 Å². The van der Waals surface area contributed by atoms with Gasteiger partial charge in [0.05, 0.1) is 13.1 Å². The highest BCUT2D eigenvalue weighted by Crippen LogP contribution is 2.32. The van der Waals surface area contributed by atoms with E-state index in [4.69, 9.17) is 4.74 Å². The molecule has 0 atom stereocenters. The van der Waals surface area contributed by atoms with Crippen LogP contribution in [0, 0.1) is 0 Å². The first-order valence-electron chi connectivity index (χ1n) is 5.91. The zero-order chi connectivity index (χ0) is 13.4. The third-order valence-corrected chi connectivity index (χ3v) is 2.76. The van der Waals surface area contributed by atoms with Crippen LogP contribution in [0.15, 0.2) is 24.5 Å². The maximum absolute atomic E-state index is 11.7. The lowest BCUT2D eigenvalue weighted by Gasteiger charge is -2.46. The molecule has 98 valence electrons. The Labute approximate surface area is 106 Å². The molecule has 1 aromatic rings. The predicted octanol–water partition coefficient (Wildman–Crippen LogP) is 1.52. The van der Waals surface area contributed by atoms with Crippen LogP contribution in [0.25, 0.3) is 0 Å². The molecule has 1 fully saturated rings. The van der Waals surface area contributed by atoms with Crippen LogP contribution in [0.1, 0.15) is 26.3 Å². The van der Waals surface area contributed by atoms with Crippen molar-refractivity contribution < 1.29 is 14.6 Å². The quantitative estimate of drug-likeness (QED) is 0.820. The molecule has 2 rings (SSSR count). The van der Waals surface area contributed by atoms with Gasteiger partial charge in [-0.05, 0) is 26.8 Å². The maximum atomic E-state index is 11.7. The molecule has 1 amide bonds. The van der Waals surface area contributed by atoms with Crippen molar-refractivity contribution in [1.82, 2.24) is 9.88 Å². The summed E-state index contributed by atoms with van der Waals surface area (Å²) in [6.45, 7) is 5.94. The maximum Gasteiger partial charge on any atom is 0.410 e. The van der Waals surface area contributed by atoms with Crippen LogP contribution in [0.3, 0.4) is 0 Å². The largest absolute Gasteiger partial charge is 0.444 e. The highest BCUT2D eigenvalue weighted by Gasteiger charge is 2.46. The summed E-state index contributed by atoms with van der Waals surface area (Å²) in [6.07, 6.45) is 2.87. The first kappa shape index (κ1) is 12.8. The van der Waals surface area contributed by atoms with E-state index < -0.39 is 17.3 Å². The van der Waals surface area contributed by atoms with Gasteiger partial charge in [0.2, 0.25) is 0 Å². The average Bonchev–Trinajstić information content (AvgIpc) is 2.23. The van der Waals surface area contributed by atoms with Crippen molar-refractivity contribution in [3.63, 3.8) is 0 Å². The number of carbonyl (C=O) groups is 1. The van der Waals surface area contributed by atoms with Crippen molar-refractivity contribution in [2.45, 2.75) is 32.0 Å². The third kappa shape index (κ3) is 2.61. The second kappa shape index (κ2) is 4.24. The molecule has 5 heteroatoms. The molecule has 18 heavy (non-hydrogen) atoms. The van der Waals surface area contributed by atoms with E-state index in [2.05, 4.69) is 4.98 Å². The summed E-state index contributed by atoms with van der Waals surface area (Å²) in [6, 6.07) is 3.57. The molecule has 0 aliphatic carbocycles. The van der Waals surface area contributed by atoms with Gasteiger partial charge in [-0.1, -0.05) is 6.07 Å². The molecule has 5 nitrogen and oxygen atoms in total. The van der Waals surface area contributed by atoms with Crippen molar-refractivity contribution in [2.24, 2.45) is 0 Å². The Balaban J connectivity index is 1.96. The molecule has 0 spiro atoms. The lowest BCUT2D eigenvalue weighted by Crippen LogP contribution is -2.61. The van der Waals surface area contributed by atoms with Gasteiger partial charge in [-0.2, -0.15) is 0 Å². The third-order valence-electron chi connectivity index (χ3n) is 2.76. The molecule has 0 saturated carbocycles. The number of amides is 1. The minimum atomic E-state index is -0.995. The average molecular weight is 250 g/mol. The molecule has 1 N–H and O–H groups in total. The summed E-state index contributed by atoms with van der Waals surface area (Å²) in [5.41, 5.74) is -0.783. The minimum absolute atomic E-state index is 0.244. The van der Waals surface area contributed by atoms with E-state index in [0.717, 1.165) is 5.56 Å². The Kier molecular flexibility index (Phi) is 3.02. The smallest absolute Gasteiger partial charge is 0.410 e. The fourth-order valence-electron chi connectivity index (χ4n) is 1.86. The van der Waals surface area contributed by atoms with Crippen LogP contribution in [0.2, 0.25) is 0 Å².